The van der Waals surface area contributed by atoms with Crippen LogP contribution in [-0.4, -0.2) is 44.0 Å². The first kappa shape index (κ1) is 20.0. The van der Waals surface area contributed by atoms with Crippen molar-refractivity contribution >= 4 is 28.9 Å². The number of phenols is 1. The van der Waals surface area contributed by atoms with Gasteiger partial charge in [-0.05, 0) is 30.5 Å². The zero-order valence-corrected chi connectivity index (χ0v) is 16.3. The number of anilines is 1. The summed E-state index contributed by atoms with van der Waals surface area (Å²) in [5, 5.41) is 42.8. The topological polar surface area (TPSA) is 184 Å². The number of primary amides is 1. The molecule has 4 rings (SSSR count). The van der Waals surface area contributed by atoms with E-state index in [0.29, 0.717) is 11.1 Å². The van der Waals surface area contributed by atoms with Gasteiger partial charge in [-0.3, -0.25) is 14.4 Å². The summed E-state index contributed by atoms with van der Waals surface area (Å²) in [5.41, 5.74) is 11.4. The number of phenolic OH excluding ortho intramolecular Hbond substituents is 1. The quantitative estimate of drug-likeness (QED) is 0.165. The molecule has 1 amide bonds. The van der Waals surface area contributed by atoms with Gasteiger partial charge < -0.3 is 31.9 Å². The minimum absolute atomic E-state index is 0.00238. The van der Waals surface area contributed by atoms with Gasteiger partial charge in [0, 0.05) is 23.3 Å². The second kappa shape index (κ2) is 6.33. The number of carbonyl (C=O) groups excluding carboxylic acids is 3. The first-order valence-electron chi connectivity index (χ1n) is 9.52. The van der Waals surface area contributed by atoms with Crippen LogP contribution in [0.1, 0.15) is 23.6 Å². The number of nitrogens with two attached hydrogens (primary N) is 2. The largest absolute Gasteiger partial charge is 0.511 e. The average Bonchev–Trinajstić information content (AvgIpc) is 2.66. The summed E-state index contributed by atoms with van der Waals surface area (Å²) >= 11 is 0. The van der Waals surface area contributed by atoms with Crippen LogP contribution >= 0.6 is 0 Å². The molecule has 1 fully saturated rings. The standard InChI is InChI=1S/C21H22N2O7/c1-5-3-9(22)17(26)11-7(5)4-8-12(18(11)27)19(28)13-10(16(8)25)6(2)15(24)14(20(13)29)21(23)30/h3,6,8,10,13,16,24-27H,4,22H2,1-2H3,(H2,23,30)/t6-,8?,10?,13?,16-/m0/s1. The van der Waals surface area contributed by atoms with E-state index < -0.39 is 64.3 Å². The molecule has 0 aromatic heterocycles. The molecule has 5 atom stereocenters. The number of nitrogen functional groups attached to an aromatic ring is 1. The Labute approximate surface area is 171 Å². The lowest BCUT2D eigenvalue weighted by atomic mass is 9.57. The monoisotopic (exact) mass is 414 g/mol. The lowest BCUT2D eigenvalue weighted by molar-refractivity contribution is -0.142. The number of ketones is 2. The van der Waals surface area contributed by atoms with Crippen LogP contribution in [0.4, 0.5) is 5.69 Å². The predicted molar refractivity (Wildman–Crippen MR) is 105 cm³/mol. The molecule has 1 aromatic rings. The number of aryl methyl sites for hydroxylation is 1. The molecular formula is C21H22N2O7. The van der Waals surface area contributed by atoms with Crippen LogP contribution in [0, 0.1) is 30.6 Å². The zero-order valence-electron chi connectivity index (χ0n) is 16.3. The Balaban J connectivity index is 1.95. The molecule has 9 heteroatoms. The van der Waals surface area contributed by atoms with Gasteiger partial charge >= 0.3 is 0 Å². The number of benzene rings is 1. The number of allylic oxidation sites excluding steroid dienone is 1. The third kappa shape index (κ3) is 2.35. The van der Waals surface area contributed by atoms with E-state index >= 15 is 0 Å². The van der Waals surface area contributed by atoms with E-state index in [1.165, 1.54) is 13.0 Å². The number of aliphatic hydroxyl groups is 3. The highest BCUT2D eigenvalue weighted by Crippen LogP contribution is 2.52. The Morgan fingerprint density at radius 2 is 1.80 bits per heavy atom. The molecule has 0 aliphatic heterocycles. The Morgan fingerprint density at radius 3 is 2.40 bits per heavy atom. The van der Waals surface area contributed by atoms with Crippen LogP contribution in [-0.2, 0) is 20.8 Å². The Kier molecular flexibility index (Phi) is 4.21. The number of amides is 1. The predicted octanol–water partition coefficient (Wildman–Crippen LogP) is 0.416. The average molecular weight is 414 g/mol. The van der Waals surface area contributed by atoms with E-state index in [9.17, 15) is 34.8 Å². The molecule has 0 heterocycles. The van der Waals surface area contributed by atoms with Gasteiger partial charge in [0.15, 0.2) is 11.6 Å². The Bertz CT molecular complexity index is 1100. The lowest BCUT2D eigenvalue weighted by Crippen LogP contribution is -2.56. The molecule has 0 bridgehead atoms. The Morgan fingerprint density at radius 1 is 1.17 bits per heavy atom. The van der Waals surface area contributed by atoms with Gasteiger partial charge in [0.1, 0.15) is 22.8 Å². The molecule has 0 saturated heterocycles. The highest BCUT2D eigenvalue weighted by Gasteiger charge is 2.58. The summed E-state index contributed by atoms with van der Waals surface area (Å²) in [7, 11) is 0. The van der Waals surface area contributed by atoms with E-state index in [1.807, 2.05) is 0 Å². The van der Waals surface area contributed by atoms with Gasteiger partial charge in [0.2, 0.25) is 0 Å². The Hall–Kier alpha value is -3.33. The molecule has 9 nitrogen and oxygen atoms in total. The van der Waals surface area contributed by atoms with Gasteiger partial charge in [-0.2, -0.15) is 0 Å². The van der Waals surface area contributed by atoms with Crippen LogP contribution in [0.25, 0.3) is 5.76 Å². The summed E-state index contributed by atoms with van der Waals surface area (Å²) in [6.07, 6.45) is -1.15. The molecule has 3 aliphatic rings. The van der Waals surface area contributed by atoms with E-state index in [1.54, 1.807) is 6.92 Å². The minimum Gasteiger partial charge on any atom is -0.511 e. The van der Waals surface area contributed by atoms with E-state index in [4.69, 9.17) is 11.5 Å². The van der Waals surface area contributed by atoms with Crippen molar-refractivity contribution in [2.45, 2.75) is 26.4 Å². The molecule has 30 heavy (non-hydrogen) atoms. The third-order valence-electron chi connectivity index (χ3n) is 6.73. The van der Waals surface area contributed by atoms with E-state index in [-0.39, 0.29) is 29.0 Å². The fraction of sp³-hybridized carbons (Fsp3) is 0.381. The van der Waals surface area contributed by atoms with E-state index in [0.717, 1.165) is 0 Å². The van der Waals surface area contributed by atoms with Crippen molar-refractivity contribution in [1.29, 1.82) is 0 Å². The maximum absolute atomic E-state index is 13.4. The maximum atomic E-state index is 13.4. The summed E-state index contributed by atoms with van der Waals surface area (Å²) in [5.74, 6) is -8.59. The second-order valence-corrected chi connectivity index (χ2v) is 8.25. The number of aliphatic hydroxyl groups excluding tert-OH is 3. The van der Waals surface area contributed by atoms with Gasteiger partial charge in [-0.15, -0.1) is 0 Å². The van der Waals surface area contributed by atoms with Crippen LogP contribution < -0.4 is 11.5 Å². The highest BCUT2D eigenvalue weighted by atomic mass is 16.3. The summed E-state index contributed by atoms with van der Waals surface area (Å²) < 4.78 is 0. The fourth-order valence-corrected chi connectivity index (χ4v) is 5.24. The van der Waals surface area contributed by atoms with Crippen molar-refractivity contribution < 1.29 is 34.8 Å². The number of carbonyl (C=O) groups is 3. The smallest absolute Gasteiger partial charge is 0.255 e. The number of fused-ring (bicyclic) bond motifs is 3. The van der Waals surface area contributed by atoms with Crippen LogP contribution in [0.15, 0.2) is 23.0 Å². The number of hydrogen-bond acceptors (Lipinski definition) is 8. The minimum atomic E-state index is -1.48. The maximum Gasteiger partial charge on any atom is 0.255 e. The number of hydrogen-bond donors (Lipinski definition) is 6. The van der Waals surface area contributed by atoms with Crippen molar-refractivity contribution in [1.82, 2.24) is 0 Å². The van der Waals surface area contributed by atoms with Gasteiger partial charge in [-0.1, -0.05) is 6.92 Å². The van der Waals surface area contributed by atoms with E-state index in [2.05, 4.69) is 0 Å². The molecule has 0 radical (unpaired) electrons. The molecule has 158 valence electrons. The second-order valence-electron chi connectivity index (χ2n) is 8.25. The summed E-state index contributed by atoms with van der Waals surface area (Å²) in [4.78, 5) is 38.0. The van der Waals surface area contributed by atoms with Gasteiger partial charge in [0.05, 0.1) is 23.3 Å². The summed E-state index contributed by atoms with van der Waals surface area (Å²) in [6, 6.07) is 1.53. The van der Waals surface area contributed by atoms with Crippen molar-refractivity contribution in [2.75, 3.05) is 5.73 Å². The SMILES string of the molecule is Cc1cc(N)c(O)c2c1CC1C(=C2O)C(=O)C2C(=O)C(C(N)=O)=C(O)[C@@H](C)C2[C@H]1O. The molecule has 0 spiro atoms. The van der Waals surface area contributed by atoms with Crippen molar-refractivity contribution in [3.05, 3.63) is 39.7 Å². The van der Waals surface area contributed by atoms with Crippen LogP contribution in [0.3, 0.4) is 0 Å². The zero-order chi connectivity index (χ0) is 22.2. The number of rotatable bonds is 1. The lowest BCUT2D eigenvalue weighted by Gasteiger charge is -2.46. The first-order chi connectivity index (χ1) is 14.0. The molecule has 1 aromatic carbocycles. The van der Waals surface area contributed by atoms with Gasteiger partial charge in [0.25, 0.3) is 5.91 Å². The van der Waals surface area contributed by atoms with Gasteiger partial charge in [-0.25, -0.2) is 0 Å². The molecule has 8 N–H and O–H groups in total. The summed E-state index contributed by atoms with van der Waals surface area (Å²) in [6.45, 7) is 3.23. The number of Topliss-reactive ketones (excluding diaryl/α,β-unsaturated/α-hetero) is 2. The van der Waals surface area contributed by atoms with Crippen molar-refractivity contribution in [3.63, 3.8) is 0 Å². The van der Waals surface area contributed by atoms with Crippen LogP contribution in [0.5, 0.6) is 5.75 Å². The third-order valence-corrected chi connectivity index (χ3v) is 6.73. The molecule has 3 unspecified atom stereocenters. The van der Waals surface area contributed by atoms with Crippen molar-refractivity contribution in [2.24, 2.45) is 29.4 Å². The highest BCUT2D eigenvalue weighted by molar-refractivity contribution is 6.28. The molecular weight excluding hydrogens is 392 g/mol. The fourth-order valence-electron chi connectivity index (χ4n) is 5.24. The molecule has 3 aliphatic carbocycles. The molecule has 1 saturated carbocycles. The first-order valence-corrected chi connectivity index (χ1v) is 9.52. The normalized spacial score (nSPS) is 30.7. The van der Waals surface area contributed by atoms with Crippen LogP contribution in [0.2, 0.25) is 0 Å². The van der Waals surface area contributed by atoms with Crippen molar-refractivity contribution in [3.8, 4) is 5.75 Å². The number of aromatic hydroxyl groups is 1.